The third-order valence-electron chi connectivity index (χ3n) is 3.49. The second kappa shape index (κ2) is 6.63. The van der Waals surface area contributed by atoms with E-state index in [1.54, 1.807) is 0 Å². The fraction of sp³-hybridized carbons (Fsp3) is 0.769. The number of hydrogen-bond donors (Lipinski definition) is 0. The van der Waals surface area contributed by atoms with E-state index in [4.69, 9.17) is 5.26 Å². The van der Waals surface area contributed by atoms with Crippen LogP contribution in [-0.2, 0) is 0 Å². The van der Waals surface area contributed by atoms with Crippen LogP contribution in [0.15, 0.2) is 12.7 Å². The second-order valence-corrected chi connectivity index (χ2v) is 4.50. The van der Waals surface area contributed by atoms with Gasteiger partial charge in [0.15, 0.2) is 0 Å². The molecule has 1 aliphatic carbocycles. The van der Waals surface area contributed by atoms with Gasteiger partial charge in [0, 0.05) is 12.1 Å². The first kappa shape index (κ1) is 12.3. The Hall–Kier alpha value is -0.810. The summed E-state index contributed by atoms with van der Waals surface area (Å²) >= 11 is 0. The Morgan fingerprint density at radius 1 is 1.47 bits per heavy atom. The Morgan fingerprint density at radius 3 is 2.67 bits per heavy atom. The lowest BCUT2D eigenvalue weighted by molar-refractivity contribution is 0.139. The summed E-state index contributed by atoms with van der Waals surface area (Å²) in [4.78, 5) is 2.41. The van der Waals surface area contributed by atoms with Crippen LogP contribution in [0, 0.1) is 11.3 Å². The minimum Gasteiger partial charge on any atom is -0.299 e. The summed E-state index contributed by atoms with van der Waals surface area (Å²) in [6.45, 7) is 3.77. The van der Waals surface area contributed by atoms with E-state index in [1.807, 2.05) is 6.08 Å². The molecule has 0 aromatic heterocycles. The molecule has 0 N–H and O–H groups in total. The van der Waals surface area contributed by atoms with Crippen molar-refractivity contribution in [3.63, 3.8) is 0 Å². The third-order valence-corrected chi connectivity index (χ3v) is 3.49. The standard InChI is InChI=1S/C13H22N2/c1-3-7-12(10-11-14)15(2)13-8-5-4-6-9-13/h3,12-13H,1,4-10H2,2H3. The molecule has 0 aromatic carbocycles. The molecule has 1 saturated carbocycles. The molecule has 2 nitrogen and oxygen atoms in total. The Balaban J connectivity index is 2.49. The molecule has 0 spiro atoms. The molecular weight excluding hydrogens is 184 g/mol. The van der Waals surface area contributed by atoms with Crippen LogP contribution in [0.2, 0.25) is 0 Å². The van der Waals surface area contributed by atoms with Crippen molar-refractivity contribution in [2.45, 2.75) is 57.0 Å². The summed E-state index contributed by atoms with van der Waals surface area (Å²) in [5, 5.41) is 8.80. The first-order valence-electron chi connectivity index (χ1n) is 5.99. The van der Waals surface area contributed by atoms with Gasteiger partial charge in [0.2, 0.25) is 0 Å². The Bertz CT molecular complexity index is 223. The molecular formula is C13H22N2. The Morgan fingerprint density at radius 2 is 2.13 bits per heavy atom. The van der Waals surface area contributed by atoms with Crippen molar-refractivity contribution in [3.05, 3.63) is 12.7 Å². The molecule has 84 valence electrons. The highest BCUT2D eigenvalue weighted by molar-refractivity contribution is 4.89. The van der Waals surface area contributed by atoms with Crippen molar-refractivity contribution in [3.8, 4) is 6.07 Å². The van der Waals surface area contributed by atoms with Gasteiger partial charge in [0.05, 0.1) is 12.5 Å². The fourth-order valence-electron chi connectivity index (χ4n) is 2.48. The molecule has 0 bridgehead atoms. The lowest BCUT2D eigenvalue weighted by atomic mass is 9.93. The molecule has 0 heterocycles. The lowest BCUT2D eigenvalue weighted by Gasteiger charge is -2.36. The van der Waals surface area contributed by atoms with Crippen LogP contribution < -0.4 is 0 Å². The van der Waals surface area contributed by atoms with E-state index >= 15 is 0 Å². The molecule has 0 radical (unpaired) electrons. The molecule has 2 heteroatoms. The van der Waals surface area contributed by atoms with Crippen LogP contribution >= 0.6 is 0 Å². The topological polar surface area (TPSA) is 27.0 Å². The maximum atomic E-state index is 8.80. The van der Waals surface area contributed by atoms with Crippen molar-refractivity contribution in [1.82, 2.24) is 4.90 Å². The van der Waals surface area contributed by atoms with Crippen molar-refractivity contribution in [1.29, 1.82) is 5.26 Å². The molecule has 1 rings (SSSR count). The van der Waals surface area contributed by atoms with Crippen molar-refractivity contribution >= 4 is 0 Å². The van der Waals surface area contributed by atoms with Gasteiger partial charge in [-0.2, -0.15) is 5.26 Å². The van der Waals surface area contributed by atoms with E-state index in [0.717, 1.165) is 6.42 Å². The maximum absolute atomic E-state index is 8.80. The highest BCUT2D eigenvalue weighted by Gasteiger charge is 2.23. The van der Waals surface area contributed by atoms with Gasteiger partial charge < -0.3 is 0 Å². The lowest BCUT2D eigenvalue weighted by Crippen LogP contribution is -2.40. The largest absolute Gasteiger partial charge is 0.299 e. The summed E-state index contributed by atoms with van der Waals surface area (Å²) in [6, 6.07) is 3.35. The predicted molar refractivity (Wildman–Crippen MR) is 63.5 cm³/mol. The van der Waals surface area contributed by atoms with Gasteiger partial charge in [-0.15, -0.1) is 6.58 Å². The van der Waals surface area contributed by atoms with Gasteiger partial charge in [-0.3, -0.25) is 4.90 Å². The molecule has 0 aromatic rings. The third kappa shape index (κ3) is 3.68. The minimum absolute atomic E-state index is 0.371. The smallest absolute Gasteiger partial charge is 0.0638 e. The molecule has 0 saturated heterocycles. The summed E-state index contributed by atoms with van der Waals surface area (Å²) in [5.74, 6) is 0. The van der Waals surface area contributed by atoms with Gasteiger partial charge in [-0.05, 0) is 26.3 Å². The number of rotatable bonds is 5. The molecule has 1 unspecified atom stereocenters. The van der Waals surface area contributed by atoms with E-state index < -0.39 is 0 Å². The zero-order valence-electron chi connectivity index (χ0n) is 9.78. The monoisotopic (exact) mass is 206 g/mol. The van der Waals surface area contributed by atoms with E-state index in [9.17, 15) is 0 Å². The first-order chi connectivity index (χ1) is 7.29. The SMILES string of the molecule is C=CCC(CC#N)N(C)C1CCCCC1. The number of hydrogen-bond acceptors (Lipinski definition) is 2. The van der Waals surface area contributed by atoms with Gasteiger partial charge >= 0.3 is 0 Å². The summed E-state index contributed by atoms with van der Waals surface area (Å²) < 4.78 is 0. The predicted octanol–water partition coefficient (Wildman–Crippen LogP) is 3.11. The van der Waals surface area contributed by atoms with Crippen LogP contribution in [-0.4, -0.2) is 24.0 Å². The zero-order valence-corrected chi connectivity index (χ0v) is 9.78. The Kier molecular flexibility index (Phi) is 5.42. The van der Waals surface area contributed by atoms with Gasteiger partial charge in [0.1, 0.15) is 0 Å². The van der Waals surface area contributed by atoms with Gasteiger partial charge in [-0.25, -0.2) is 0 Å². The average molecular weight is 206 g/mol. The van der Waals surface area contributed by atoms with E-state index in [1.165, 1.54) is 32.1 Å². The number of nitriles is 1. The van der Waals surface area contributed by atoms with E-state index in [2.05, 4.69) is 24.6 Å². The molecule has 0 aliphatic heterocycles. The Labute approximate surface area is 93.6 Å². The quantitative estimate of drug-likeness (QED) is 0.646. The first-order valence-corrected chi connectivity index (χ1v) is 5.99. The average Bonchev–Trinajstić information content (AvgIpc) is 2.29. The van der Waals surface area contributed by atoms with E-state index in [0.29, 0.717) is 18.5 Å². The zero-order chi connectivity index (χ0) is 11.1. The maximum Gasteiger partial charge on any atom is 0.0638 e. The van der Waals surface area contributed by atoms with Crippen LogP contribution in [0.25, 0.3) is 0 Å². The van der Waals surface area contributed by atoms with Crippen LogP contribution in [0.4, 0.5) is 0 Å². The summed E-state index contributed by atoms with van der Waals surface area (Å²) in [6.07, 6.45) is 10.2. The van der Waals surface area contributed by atoms with Gasteiger partial charge in [-0.1, -0.05) is 25.3 Å². The summed E-state index contributed by atoms with van der Waals surface area (Å²) in [7, 11) is 2.17. The summed E-state index contributed by atoms with van der Waals surface area (Å²) in [5.41, 5.74) is 0. The normalized spacial score (nSPS) is 19.8. The fourth-order valence-corrected chi connectivity index (χ4v) is 2.48. The van der Waals surface area contributed by atoms with Crippen LogP contribution in [0.1, 0.15) is 44.9 Å². The van der Waals surface area contributed by atoms with Crippen molar-refractivity contribution in [2.75, 3.05) is 7.05 Å². The second-order valence-electron chi connectivity index (χ2n) is 4.50. The highest BCUT2D eigenvalue weighted by Crippen LogP contribution is 2.24. The van der Waals surface area contributed by atoms with Crippen molar-refractivity contribution in [2.24, 2.45) is 0 Å². The van der Waals surface area contributed by atoms with Gasteiger partial charge in [0.25, 0.3) is 0 Å². The molecule has 1 fully saturated rings. The van der Waals surface area contributed by atoms with Crippen molar-refractivity contribution < 1.29 is 0 Å². The molecule has 1 aliphatic rings. The van der Waals surface area contributed by atoms with E-state index in [-0.39, 0.29) is 0 Å². The molecule has 15 heavy (non-hydrogen) atoms. The number of nitrogens with zero attached hydrogens (tertiary/aromatic N) is 2. The molecule has 0 amide bonds. The van der Waals surface area contributed by atoms with Crippen LogP contribution in [0.3, 0.4) is 0 Å². The van der Waals surface area contributed by atoms with Crippen LogP contribution in [0.5, 0.6) is 0 Å². The minimum atomic E-state index is 0.371. The highest BCUT2D eigenvalue weighted by atomic mass is 15.2. The molecule has 1 atom stereocenters.